The average Bonchev–Trinajstić information content (AvgIpc) is 3.35. The molecule has 0 saturated heterocycles. The van der Waals surface area contributed by atoms with Gasteiger partial charge >= 0.3 is 0 Å². The van der Waals surface area contributed by atoms with Gasteiger partial charge in [-0.05, 0) is 24.3 Å². The first-order chi connectivity index (χ1) is 13.7. The predicted octanol–water partition coefficient (Wildman–Crippen LogP) is 5.13. The highest BCUT2D eigenvalue weighted by Gasteiger charge is 2.15. The van der Waals surface area contributed by atoms with E-state index in [0.29, 0.717) is 29.1 Å². The lowest BCUT2D eigenvalue weighted by Gasteiger charge is -2.06. The van der Waals surface area contributed by atoms with Gasteiger partial charge < -0.3 is 4.42 Å². The third-order valence-corrected chi connectivity index (χ3v) is 5.15. The predicted molar refractivity (Wildman–Crippen MR) is 110 cm³/mol. The van der Waals surface area contributed by atoms with E-state index < -0.39 is 0 Å². The number of nitrogens with zero attached hydrogens (tertiary/aromatic N) is 5. The summed E-state index contributed by atoms with van der Waals surface area (Å²) in [6.45, 7) is 4.45. The maximum absolute atomic E-state index is 5.92. The molecule has 2 heterocycles. The molecule has 0 aliphatic rings. The quantitative estimate of drug-likeness (QED) is 0.311. The highest BCUT2D eigenvalue weighted by Crippen LogP contribution is 2.27. The van der Waals surface area contributed by atoms with Crippen molar-refractivity contribution in [3.05, 3.63) is 78.2 Å². The van der Waals surface area contributed by atoms with E-state index in [1.165, 1.54) is 11.8 Å². The van der Waals surface area contributed by atoms with Crippen LogP contribution < -0.4 is 0 Å². The largest absolute Gasteiger partial charge is 0.420 e. The monoisotopic (exact) mass is 409 g/mol. The number of benzene rings is 2. The third-order valence-electron chi connectivity index (χ3n) is 3.94. The standard InChI is InChI=1S/C20H16ClN5OS/c1-2-12-26-18(14-6-4-3-5-7-14)23-25-20(26)28-13-17-22-24-19(27-17)15-8-10-16(21)11-9-15/h2-11H,1,12-13H2. The highest BCUT2D eigenvalue weighted by molar-refractivity contribution is 7.98. The van der Waals surface area contributed by atoms with Crippen molar-refractivity contribution in [3.8, 4) is 22.8 Å². The van der Waals surface area contributed by atoms with Crippen molar-refractivity contribution in [1.82, 2.24) is 25.0 Å². The summed E-state index contributed by atoms with van der Waals surface area (Å²) in [4.78, 5) is 0. The minimum atomic E-state index is 0.463. The molecule has 2 aromatic heterocycles. The second-order valence-electron chi connectivity index (χ2n) is 5.87. The number of thioether (sulfide) groups is 1. The molecule has 0 spiro atoms. The minimum Gasteiger partial charge on any atom is -0.420 e. The number of hydrogen-bond acceptors (Lipinski definition) is 6. The smallest absolute Gasteiger partial charge is 0.247 e. The van der Waals surface area contributed by atoms with Gasteiger partial charge in [-0.1, -0.05) is 59.8 Å². The van der Waals surface area contributed by atoms with Crippen molar-refractivity contribution in [2.45, 2.75) is 17.5 Å². The second-order valence-corrected chi connectivity index (χ2v) is 7.25. The van der Waals surface area contributed by atoms with E-state index in [2.05, 4.69) is 27.0 Å². The summed E-state index contributed by atoms with van der Waals surface area (Å²) in [5.41, 5.74) is 1.83. The van der Waals surface area contributed by atoms with Crippen LogP contribution in [0.15, 0.2) is 76.8 Å². The van der Waals surface area contributed by atoms with Crippen LogP contribution in [0, 0.1) is 0 Å². The number of allylic oxidation sites excluding steroid dienone is 1. The zero-order valence-corrected chi connectivity index (χ0v) is 16.4. The van der Waals surface area contributed by atoms with Crippen LogP contribution in [0.25, 0.3) is 22.8 Å². The van der Waals surface area contributed by atoms with E-state index in [1.54, 1.807) is 12.1 Å². The van der Waals surface area contributed by atoms with Gasteiger partial charge in [0.25, 0.3) is 0 Å². The van der Waals surface area contributed by atoms with Gasteiger partial charge in [0, 0.05) is 22.7 Å². The lowest BCUT2D eigenvalue weighted by Crippen LogP contribution is -2.00. The zero-order chi connectivity index (χ0) is 19.3. The van der Waals surface area contributed by atoms with Gasteiger partial charge in [0.1, 0.15) is 0 Å². The summed E-state index contributed by atoms with van der Waals surface area (Å²) in [6, 6.07) is 17.2. The Labute approximate surface area is 171 Å². The summed E-state index contributed by atoms with van der Waals surface area (Å²) in [7, 11) is 0. The van der Waals surface area contributed by atoms with Crippen LogP contribution in [-0.4, -0.2) is 25.0 Å². The van der Waals surface area contributed by atoms with E-state index in [-0.39, 0.29) is 0 Å². The Morgan fingerprint density at radius 3 is 2.50 bits per heavy atom. The Bertz CT molecular complexity index is 1080. The first kappa shape index (κ1) is 18.5. The van der Waals surface area contributed by atoms with Gasteiger partial charge in [-0.25, -0.2) is 0 Å². The van der Waals surface area contributed by atoms with Crippen LogP contribution in [0.1, 0.15) is 5.89 Å². The summed E-state index contributed by atoms with van der Waals surface area (Å²) in [5, 5.41) is 18.3. The lowest BCUT2D eigenvalue weighted by molar-refractivity contribution is 0.528. The number of hydrogen-bond donors (Lipinski definition) is 0. The fraction of sp³-hybridized carbons (Fsp3) is 0.100. The topological polar surface area (TPSA) is 69.6 Å². The van der Waals surface area contributed by atoms with E-state index in [4.69, 9.17) is 16.0 Å². The molecule has 2 aromatic carbocycles. The molecule has 0 aliphatic heterocycles. The highest BCUT2D eigenvalue weighted by atomic mass is 35.5. The van der Waals surface area contributed by atoms with Crippen molar-refractivity contribution >= 4 is 23.4 Å². The molecule has 0 aliphatic carbocycles. The fourth-order valence-electron chi connectivity index (χ4n) is 2.64. The van der Waals surface area contributed by atoms with Crippen molar-refractivity contribution in [2.24, 2.45) is 0 Å². The first-order valence-corrected chi connectivity index (χ1v) is 9.91. The molecular weight excluding hydrogens is 394 g/mol. The van der Waals surface area contributed by atoms with E-state index in [9.17, 15) is 0 Å². The normalized spacial score (nSPS) is 10.9. The van der Waals surface area contributed by atoms with Crippen LogP contribution in [0.4, 0.5) is 0 Å². The average molecular weight is 410 g/mol. The molecule has 0 bridgehead atoms. The van der Waals surface area contributed by atoms with Crippen LogP contribution >= 0.6 is 23.4 Å². The first-order valence-electron chi connectivity index (χ1n) is 8.55. The molecule has 0 saturated carbocycles. The molecule has 8 heteroatoms. The lowest BCUT2D eigenvalue weighted by atomic mass is 10.2. The van der Waals surface area contributed by atoms with Gasteiger partial charge in [0.05, 0.1) is 5.75 Å². The van der Waals surface area contributed by atoms with Gasteiger partial charge in [-0.15, -0.1) is 27.0 Å². The maximum Gasteiger partial charge on any atom is 0.247 e. The van der Waals surface area contributed by atoms with Crippen LogP contribution in [0.3, 0.4) is 0 Å². The molecule has 6 nitrogen and oxygen atoms in total. The zero-order valence-electron chi connectivity index (χ0n) is 14.8. The third kappa shape index (κ3) is 4.00. The molecule has 0 amide bonds. The Morgan fingerprint density at radius 2 is 1.75 bits per heavy atom. The number of aromatic nitrogens is 5. The number of halogens is 1. The van der Waals surface area contributed by atoms with E-state index in [1.807, 2.05) is 53.1 Å². The summed E-state index contributed by atoms with van der Waals surface area (Å²) >= 11 is 7.41. The Balaban J connectivity index is 1.52. The van der Waals surface area contributed by atoms with Crippen molar-refractivity contribution in [2.75, 3.05) is 0 Å². The SMILES string of the molecule is C=CCn1c(SCc2nnc(-c3ccc(Cl)cc3)o2)nnc1-c1ccccc1. The van der Waals surface area contributed by atoms with Gasteiger partial charge in [0.15, 0.2) is 11.0 Å². The maximum atomic E-state index is 5.92. The molecule has 0 radical (unpaired) electrons. The van der Waals surface area contributed by atoms with Crippen LogP contribution in [0.2, 0.25) is 5.02 Å². The molecule has 28 heavy (non-hydrogen) atoms. The van der Waals surface area contributed by atoms with Crippen molar-refractivity contribution in [1.29, 1.82) is 0 Å². The molecule has 0 N–H and O–H groups in total. The van der Waals surface area contributed by atoms with Gasteiger partial charge in [-0.3, -0.25) is 4.57 Å². The van der Waals surface area contributed by atoms with Gasteiger partial charge in [-0.2, -0.15) is 0 Å². The summed E-state index contributed by atoms with van der Waals surface area (Å²) in [5.74, 6) is 2.27. The summed E-state index contributed by atoms with van der Waals surface area (Å²) < 4.78 is 7.78. The Kier molecular flexibility index (Phi) is 5.55. The van der Waals surface area contributed by atoms with E-state index in [0.717, 1.165) is 22.1 Å². The molecular formula is C20H16ClN5OS. The van der Waals surface area contributed by atoms with Crippen molar-refractivity contribution in [3.63, 3.8) is 0 Å². The molecule has 4 rings (SSSR count). The molecule has 0 atom stereocenters. The Hall–Kier alpha value is -2.90. The van der Waals surface area contributed by atoms with Crippen molar-refractivity contribution < 1.29 is 4.42 Å². The molecule has 4 aromatic rings. The minimum absolute atomic E-state index is 0.463. The molecule has 0 fully saturated rings. The Morgan fingerprint density at radius 1 is 0.964 bits per heavy atom. The summed E-state index contributed by atoms with van der Waals surface area (Å²) in [6.07, 6.45) is 1.82. The fourth-order valence-corrected chi connectivity index (χ4v) is 3.55. The van der Waals surface area contributed by atoms with Crippen LogP contribution in [0.5, 0.6) is 0 Å². The number of rotatable bonds is 7. The van der Waals surface area contributed by atoms with Crippen LogP contribution in [-0.2, 0) is 12.3 Å². The van der Waals surface area contributed by atoms with E-state index >= 15 is 0 Å². The molecule has 0 unspecified atom stereocenters. The second kappa shape index (κ2) is 8.41. The van der Waals surface area contributed by atoms with Gasteiger partial charge in [0.2, 0.25) is 11.8 Å². The molecule has 140 valence electrons.